The highest BCUT2D eigenvalue weighted by atomic mass is 15.3. The molecule has 0 radical (unpaired) electrons. The van der Waals surface area contributed by atoms with Crippen molar-refractivity contribution >= 4 is 0 Å². The maximum absolute atomic E-state index is 4.59. The number of unbranched alkanes of at least 4 members (excludes halogenated alkanes) is 6. The van der Waals surface area contributed by atoms with Crippen LogP contribution in [0.1, 0.15) is 89.6 Å². The van der Waals surface area contributed by atoms with Gasteiger partial charge >= 0.3 is 0 Å². The van der Waals surface area contributed by atoms with Crippen LogP contribution < -0.4 is 5.32 Å². The maximum atomic E-state index is 4.59. The Morgan fingerprint density at radius 1 is 1.05 bits per heavy atom. The van der Waals surface area contributed by atoms with Crippen molar-refractivity contribution < 1.29 is 0 Å². The Bertz CT molecular complexity index is 371. The highest BCUT2D eigenvalue weighted by Crippen LogP contribution is 2.21. The predicted molar refractivity (Wildman–Crippen MR) is 91.6 cm³/mol. The van der Waals surface area contributed by atoms with Crippen LogP contribution in [0.2, 0.25) is 0 Å². The van der Waals surface area contributed by atoms with Gasteiger partial charge in [-0.05, 0) is 25.5 Å². The quantitative estimate of drug-likeness (QED) is 0.562. The van der Waals surface area contributed by atoms with E-state index in [1.165, 1.54) is 62.8 Å². The number of aromatic nitrogens is 2. The summed E-state index contributed by atoms with van der Waals surface area (Å²) in [5, 5.41) is 8.21. The number of aryl methyl sites for hydroxylation is 2. The van der Waals surface area contributed by atoms with Crippen molar-refractivity contribution in [2.75, 3.05) is 6.54 Å². The van der Waals surface area contributed by atoms with Crippen molar-refractivity contribution in [1.82, 2.24) is 15.1 Å². The zero-order chi connectivity index (χ0) is 15.5. The third kappa shape index (κ3) is 6.64. The van der Waals surface area contributed by atoms with Crippen LogP contribution in [0.5, 0.6) is 0 Å². The fraction of sp³-hybridized carbons (Fsp3) is 0.833. The molecule has 0 aliphatic heterocycles. The highest BCUT2D eigenvalue weighted by Gasteiger charge is 2.15. The molecule has 0 aliphatic rings. The van der Waals surface area contributed by atoms with Gasteiger partial charge in [0.2, 0.25) is 0 Å². The molecule has 0 saturated heterocycles. The molecule has 0 saturated carbocycles. The molecule has 1 unspecified atom stereocenters. The SMILES string of the molecule is CCCCCCCCCC(NCC)c1cc(CC)nn1C. The van der Waals surface area contributed by atoms with Crippen molar-refractivity contribution in [2.45, 2.75) is 84.6 Å². The average molecular weight is 293 g/mol. The van der Waals surface area contributed by atoms with Crippen LogP contribution in [0, 0.1) is 0 Å². The molecule has 1 aromatic rings. The van der Waals surface area contributed by atoms with Crippen LogP contribution in [0.4, 0.5) is 0 Å². The largest absolute Gasteiger partial charge is 0.309 e. The van der Waals surface area contributed by atoms with Crippen LogP contribution in [0.3, 0.4) is 0 Å². The van der Waals surface area contributed by atoms with Crippen LogP contribution in [-0.4, -0.2) is 16.3 Å². The number of rotatable bonds is 12. The Hall–Kier alpha value is -0.830. The van der Waals surface area contributed by atoms with Crippen LogP contribution in [0.15, 0.2) is 6.07 Å². The second kappa shape index (κ2) is 10.8. The fourth-order valence-electron chi connectivity index (χ4n) is 2.95. The van der Waals surface area contributed by atoms with E-state index in [0.717, 1.165) is 13.0 Å². The van der Waals surface area contributed by atoms with E-state index in [9.17, 15) is 0 Å². The molecule has 1 aromatic heterocycles. The summed E-state index contributed by atoms with van der Waals surface area (Å²) in [6, 6.07) is 2.73. The summed E-state index contributed by atoms with van der Waals surface area (Å²) in [6.07, 6.45) is 11.9. The molecule has 1 rings (SSSR count). The summed E-state index contributed by atoms with van der Waals surface area (Å²) >= 11 is 0. The van der Waals surface area contributed by atoms with Crippen molar-refractivity contribution in [3.63, 3.8) is 0 Å². The maximum Gasteiger partial charge on any atom is 0.0625 e. The lowest BCUT2D eigenvalue weighted by Crippen LogP contribution is -2.23. The zero-order valence-electron chi connectivity index (χ0n) is 14.6. The molecule has 1 heterocycles. The lowest BCUT2D eigenvalue weighted by Gasteiger charge is -2.18. The normalized spacial score (nSPS) is 12.8. The highest BCUT2D eigenvalue weighted by molar-refractivity contribution is 5.14. The van der Waals surface area contributed by atoms with Crippen molar-refractivity contribution in [1.29, 1.82) is 0 Å². The lowest BCUT2D eigenvalue weighted by atomic mass is 10.0. The van der Waals surface area contributed by atoms with Gasteiger partial charge in [-0.15, -0.1) is 0 Å². The van der Waals surface area contributed by atoms with E-state index in [-0.39, 0.29) is 0 Å². The van der Waals surface area contributed by atoms with E-state index in [0.29, 0.717) is 6.04 Å². The summed E-state index contributed by atoms with van der Waals surface area (Å²) in [6.45, 7) is 7.66. The van der Waals surface area contributed by atoms with Gasteiger partial charge in [-0.3, -0.25) is 4.68 Å². The number of hydrogen-bond donors (Lipinski definition) is 1. The average Bonchev–Trinajstić information content (AvgIpc) is 2.86. The summed E-state index contributed by atoms with van der Waals surface area (Å²) in [4.78, 5) is 0. The Morgan fingerprint density at radius 2 is 1.71 bits per heavy atom. The minimum absolute atomic E-state index is 0.462. The van der Waals surface area contributed by atoms with Crippen LogP contribution in [0.25, 0.3) is 0 Å². The van der Waals surface area contributed by atoms with Gasteiger partial charge in [0.15, 0.2) is 0 Å². The molecule has 0 fully saturated rings. The van der Waals surface area contributed by atoms with Gasteiger partial charge in [0.1, 0.15) is 0 Å². The number of nitrogens with one attached hydrogen (secondary N) is 1. The molecule has 1 N–H and O–H groups in total. The van der Waals surface area contributed by atoms with Crippen molar-refractivity contribution in [3.8, 4) is 0 Å². The Kier molecular flexibility index (Phi) is 9.40. The minimum Gasteiger partial charge on any atom is -0.309 e. The van der Waals surface area contributed by atoms with Gasteiger partial charge in [0.25, 0.3) is 0 Å². The topological polar surface area (TPSA) is 29.9 Å². The van der Waals surface area contributed by atoms with Gasteiger partial charge in [-0.1, -0.05) is 65.7 Å². The summed E-state index contributed by atoms with van der Waals surface area (Å²) < 4.78 is 2.06. The Morgan fingerprint density at radius 3 is 2.29 bits per heavy atom. The van der Waals surface area contributed by atoms with E-state index in [4.69, 9.17) is 0 Å². The summed E-state index contributed by atoms with van der Waals surface area (Å²) in [5.74, 6) is 0. The first-order valence-corrected chi connectivity index (χ1v) is 8.99. The van der Waals surface area contributed by atoms with E-state index in [2.05, 4.69) is 49.0 Å². The molecule has 0 amide bonds. The van der Waals surface area contributed by atoms with Crippen molar-refractivity contribution in [2.24, 2.45) is 7.05 Å². The molecule has 1 atom stereocenters. The second-order valence-electron chi connectivity index (χ2n) is 6.06. The molecule has 3 nitrogen and oxygen atoms in total. The summed E-state index contributed by atoms with van der Waals surface area (Å²) in [7, 11) is 2.07. The molecule has 0 aromatic carbocycles. The van der Waals surface area contributed by atoms with Gasteiger partial charge in [0.05, 0.1) is 11.4 Å². The zero-order valence-corrected chi connectivity index (χ0v) is 14.6. The molecule has 0 bridgehead atoms. The molecule has 21 heavy (non-hydrogen) atoms. The van der Waals surface area contributed by atoms with Gasteiger partial charge < -0.3 is 5.32 Å². The Labute approximate surface area is 131 Å². The molecular weight excluding hydrogens is 258 g/mol. The molecule has 0 aliphatic carbocycles. The first-order chi connectivity index (χ1) is 10.2. The third-order valence-corrected chi connectivity index (χ3v) is 4.23. The molecule has 0 spiro atoms. The van der Waals surface area contributed by atoms with Crippen LogP contribution >= 0.6 is 0 Å². The fourth-order valence-corrected chi connectivity index (χ4v) is 2.95. The first kappa shape index (κ1) is 18.2. The lowest BCUT2D eigenvalue weighted by molar-refractivity contribution is 0.451. The minimum atomic E-state index is 0.462. The molecule has 3 heteroatoms. The van der Waals surface area contributed by atoms with E-state index in [1.54, 1.807) is 0 Å². The number of hydrogen-bond acceptors (Lipinski definition) is 2. The smallest absolute Gasteiger partial charge is 0.0625 e. The Balaban J connectivity index is 2.37. The monoisotopic (exact) mass is 293 g/mol. The van der Waals surface area contributed by atoms with Gasteiger partial charge in [-0.2, -0.15) is 5.10 Å². The summed E-state index contributed by atoms with van der Waals surface area (Å²) in [5.41, 5.74) is 2.55. The van der Waals surface area contributed by atoms with Gasteiger partial charge in [-0.25, -0.2) is 0 Å². The van der Waals surface area contributed by atoms with E-state index >= 15 is 0 Å². The molecule has 122 valence electrons. The first-order valence-electron chi connectivity index (χ1n) is 8.99. The standard InChI is InChI=1S/C18H35N3/c1-5-8-9-10-11-12-13-14-17(19-7-3)18-15-16(6-2)20-21(18)4/h15,17,19H,5-14H2,1-4H3. The third-order valence-electron chi connectivity index (χ3n) is 4.23. The predicted octanol–water partition coefficient (Wildman–Crippen LogP) is 4.77. The number of nitrogens with zero attached hydrogens (tertiary/aromatic N) is 2. The van der Waals surface area contributed by atoms with Crippen LogP contribution in [-0.2, 0) is 13.5 Å². The second-order valence-corrected chi connectivity index (χ2v) is 6.06. The van der Waals surface area contributed by atoms with Crippen molar-refractivity contribution in [3.05, 3.63) is 17.5 Å². The van der Waals surface area contributed by atoms with E-state index in [1.807, 2.05) is 0 Å². The van der Waals surface area contributed by atoms with Gasteiger partial charge in [0, 0.05) is 13.1 Å². The van der Waals surface area contributed by atoms with E-state index < -0.39 is 0 Å². The molecular formula is C18H35N3.